The fraction of sp³-hybridized carbons (Fsp3) is 0.304. The minimum absolute atomic E-state index is 0.0319. The van der Waals surface area contributed by atoms with Crippen LogP contribution in [-0.2, 0) is 9.53 Å². The largest absolute Gasteiger partial charge is 0.405 e. The summed E-state index contributed by atoms with van der Waals surface area (Å²) in [6.07, 6.45) is -7.31. The third-order valence-electron chi connectivity index (χ3n) is 4.86. The average molecular weight is 671 g/mol. The Bertz CT molecular complexity index is 1180. The highest BCUT2D eigenvalue weighted by atomic mass is 79.9. The summed E-state index contributed by atoms with van der Waals surface area (Å²) in [5, 5.41) is 3.55. The number of halogens is 10. The molecule has 0 saturated carbocycles. The lowest BCUT2D eigenvalue weighted by Crippen LogP contribution is -2.51. The molecule has 0 saturated heterocycles. The van der Waals surface area contributed by atoms with Crippen LogP contribution in [0.15, 0.2) is 40.9 Å². The molecular formula is C23H18BrCl3F6N2O3. The maximum absolute atomic E-state index is 13.8. The van der Waals surface area contributed by atoms with Crippen LogP contribution in [0.4, 0.5) is 26.3 Å². The number of amides is 2. The summed E-state index contributed by atoms with van der Waals surface area (Å²) in [6, 6.07) is 4.61. The third kappa shape index (κ3) is 9.33. The Balaban J connectivity index is 2.24. The zero-order valence-corrected chi connectivity index (χ0v) is 23.0. The fourth-order valence-electron chi connectivity index (χ4n) is 3.09. The molecule has 0 radical (unpaired) electrons. The maximum Gasteiger partial charge on any atom is 0.405 e. The number of allylic oxidation sites excluding steroid dienone is 1. The van der Waals surface area contributed by atoms with Crippen molar-refractivity contribution in [2.45, 2.75) is 24.3 Å². The third-order valence-corrected chi connectivity index (χ3v) is 6.71. The lowest BCUT2D eigenvalue weighted by molar-refractivity contribution is -0.140. The molecule has 0 aliphatic carbocycles. The van der Waals surface area contributed by atoms with E-state index in [0.717, 1.165) is 18.2 Å². The van der Waals surface area contributed by atoms with Gasteiger partial charge < -0.3 is 15.4 Å². The molecule has 5 nitrogen and oxygen atoms in total. The molecule has 0 bridgehead atoms. The first-order valence-corrected chi connectivity index (χ1v) is 12.3. The molecule has 2 aromatic carbocycles. The first-order chi connectivity index (χ1) is 17.5. The summed E-state index contributed by atoms with van der Waals surface area (Å²) in [5.74, 6) is -4.04. The molecule has 0 fully saturated rings. The Labute approximate surface area is 236 Å². The Morgan fingerprint density at radius 3 is 2.16 bits per heavy atom. The smallest absolute Gasteiger partial charge is 0.382 e. The van der Waals surface area contributed by atoms with E-state index in [-0.39, 0.29) is 36.2 Å². The average Bonchev–Trinajstić information content (AvgIpc) is 2.79. The summed E-state index contributed by atoms with van der Waals surface area (Å²) in [6.45, 7) is -2.01. The van der Waals surface area contributed by atoms with Crippen molar-refractivity contribution < 1.29 is 40.7 Å². The second kappa shape index (κ2) is 13.4. The number of rotatable bonds is 9. The van der Waals surface area contributed by atoms with E-state index >= 15 is 0 Å². The summed E-state index contributed by atoms with van der Waals surface area (Å²) in [5.41, 5.74) is -0.00287. The van der Waals surface area contributed by atoms with Crippen molar-refractivity contribution in [1.82, 2.24) is 10.6 Å². The van der Waals surface area contributed by atoms with Crippen LogP contribution in [0, 0.1) is 0 Å². The molecule has 0 spiro atoms. The zero-order valence-electron chi connectivity index (χ0n) is 19.1. The molecule has 0 aromatic heterocycles. The van der Waals surface area contributed by atoms with Crippen LogP contribution in [-0.4, -0.2) is 50.5 Å². The van der Waals surface area contributed by atoms with Gasteiger partial charge in [0.2, 0.25) is 5.91 Å². The van der Waals surface area contributed by atoms with Crippen LogP contribution < -0.4 is 10.6 Å². The van der Waals surface area contributed by atoms with Gasteiger partial charge in [0.05, 0.1) is 33.2 Å². The molecule has 0 heterocycles. The van der Waals surface area contributed by atoms with Crippen molar-refractivity contribution in [3.63, 3.8) is 0 Å². The number of methoxy groups -OCH3 is 1. The lowest BCUT2D eigenvalue weighted by atomic mass is 9.97. The number of benzene rings is 2. The van der Waals surface area contributed by atoms with Gasteiger partial charge in [-0.05, 0) is 51.3 Å². The summed E-state index contributed by atoms with van der Waals surface area (Å²) < 4.78 is 83.3. The van der Waals surface area contributed by atoms with E-state index in [1.165, 1.54) is 31.4 Å². The Hall–Kier alpha value is -1.99. The van der Waals surface area contributed by atoms with Crippen LogP contribution in [0.25, 0.3) is 6.08 Å². The predicted octanol–water partition coefficient (Wildman–Crippen LogP) is 7.19. The van der Waals surface area contributed by atoms with E-state index < -0.39 is 49.3 Å². The molecular weight excluding hydrogens is 653 g/mol. The first kappa shape index (κ1) is 32.2. The molecule has 2 aromatic rings. The van der Waals surface area contributed by atoms with Gasteiger partial charge in [0.1, 0.15) is 12.6 Å². The SMILES string of the molecule is COCC(NC(=O)c1ccc(/C=C/C(c2cc(Cl)c(Cl)c(Cl)c2)C(F)(F)F)cc1Br)C(=O)NCC(F)(F)F. The van der Waals surface area contributed by atoms with Crippen LogP contribution in [0.2, 0.25) is 15.1 Å². The number of ether oxygens (including phenoxy) is 1. The highest BCUT2D eigenvalue weighted by Crippen LogP contribution is 2.41. The van der Waals surface area contributed by atoms with E-state index in [0.29, 0.717) is 0 Å². The van der Waals surface area contributed by atoms with E-state index in [4.69, 9.17) is 39.5 Å². The zero-order chi connectivity index (χ0) is 28.8. The van der Waals surface area contributed by atoms with Gasteiger partial charge in [0.25, 0.3) is 5.91 Å². The molecule has 38 heavy (non-hydrogen) atoms. The number of alkyl halides is 6. The molecule has 2 atom stereocenters. The Morgan fingerprint density at radius 1 is 1.05 bits per heavy atom. The lowest BCUT2D eigenvalue weighted by Gasteiger charge is -2.19. The van der Waals surface area contributed by atoms with Gasteiger partial charge in [-0.2, -0.15) is 26.3 Å². The van der Waals surface area contributed by atoms with Crippen molar-refractivity contribution in [2.75, 3.05) is 20.3 Å². The molecule has 15 heteroatoms. The Kier molecular flexibility index (Phi) is 11.3. The minimum Gasteiger partial charge on any atom is -0.382 e. The minimum atomic E-state index is -4.70. The van der Waals surface area contributed by atoms with Crippen LogP contribution in [0.3, 0.4) is 0 Å². The number of hydrogen-bond donors (Lipinski definition) is 2. The van der Waals surface area contributed by atoms with Gasteiger partial charge in [0, 0.05) is 11.6 Å². The topological polar surface area (TPSA) is 67.4 Å². The van der Waals surface area contributed by atoms with Gasteiger partial charge in [0.15, 0.2) is 0 Å². The quantitative estimate of drug-likeness (QED) is 0.219. The van der Waals surface area contributed by atoms with Crippen molar-refractivity contribution >= 4 is 68.6 Å². The molecule has 2 amide bonds. The van der Waals surface area contributed by atoms with Gasteiger partial charge in [-0.25, -0.2) is 0 Å². The second-order valence-electron chi connectivity index (χ2n) is 7.73. The van der Waals surface area contributed by atoms with Crippen LogP contribution in [0.1, 0.15) is 27.4 Å². The Morgan fingerprint density at radius 2 is 1.66 bits per heavy atom. The number of carbonyl (C=O) groups excluding carboxylic acids is 2. The van der Waals surface area contributed by atoms with E-state index in [1.54, 1.807) is 5.32 Å². The first-order valence-electron chi connectivity index (χ1n) is 10.4. The standard InChI is InChI=1S/C23H18BrCl3F6N2O3/c1-38-9-18(21(37)34-10-22(28,29)30)35-20(36)13-4-2-11(6-15(13)24)3-5-14(23(31,32)33)12-7-16(25)19(27)17(26)8-12/h2-8,14,18H,9-10H2,1H3,(H,34,37)(H,35,36)/b5-3+. The van der Waals surface area contributed by atoms with Crippen molar-refractivity contribution in [3.05, 3.63) is 72.6 Å². The van der Waals surface area contributed by atoms with E-state index in [2.05, 4.69) is 21.2 Å². The summed E-state index contributed by atoms with van der Waals surface area (Å²) in [4.78, 5) is 24.7. The highest BCUT2D eigenvalue weighted by molar-refractivity contribution is 9.10. The molecule has 2 N–H and O–H groups in total. The van der Waals surface area contributed by atoms with E-state index in [1.807, 2.05) is 0 Å². The van der Waals surface area contributed by atoms with Crippen LogP contribution >= 0.6 is 50.7 Å². The summed E-state index contributed by atoms with van der Waals surface area (Å²) >= 11 is 20.7. The maximum atomic E-state index is 13.8. The monoisotopic (exact) mass is 668 g/mol. The highest BCUT2D eigenvalue weighted by Gasteiger charge is 2.39. The van der Waals surface area contributed by atoms with Crippen molar-refractivity contribution in [1.29, 1.82) is 0 Å². The number of carbonyl (C=O) groups is 2. The predicted molar refractivity (Wildman–Crippen MR) is 136 cm³/mol. The number of hydrogen-bond acceptors (Lipinski definition) is 3. The summed E-state index contributed by atoms with van der Waals surface area (Å²) in [7, 11) is 1.19. The normalized spacial score (nSPS) is 13.9. The van der Waals surface area contributed by atoms with Gasteiger partial charge >= 0.3 is 12.4 Å². The van der Waals surface area contributed by atoms with Gasteiger partial charge in [-0.15, -0.1) is 0 Å². The molecule has 2 rings (SSSR count). The second-order valence-corrected chi connectivity index (χ2v) is 9.78. The molecule has 0 aliphatic heterocycles. The molecule has 208 valence electrons. The van der Waals surface area contributed by atoms with Crippen LogP contribution in [0.5, 0.6) is 0 Å². The van der Waals surface area contributed by atoms with Crippen molar-refractivity contribution in [2.24, 2.45) is 0 Å². The van der Waals surface area contributed by atoms with Gasteiger partial charge in [-0.3, -0.25) is 9.59 Å². The molecule has 0 aliphatic rings. The molecule has 2 unspecified atom stereocenters. The van der Waals surface area contributed by atoms with Gasteiger partial charge in [-0.1, -0.05) is 53.0 Å². The fourth-order valence-corrected chi connectivity index (χ4v) is 4.28. The van der Waals surface area contributed by atoms with E-state index in [9.17, 15) is 35.9 Å². The number of nitrogens with one attached hydrogen (secondary N) is 2. The van der Waals surface area contributed by atoms with Crippen molar-refractivity contribution in [3.8, 4) is 0 Å².